The number of hydrogen-bond acceptors (Lipinski definition) is 5. The van der Waals surface area contributed by atoms with Crippen molar-refractivity contribution < 1.29 is 9.72 Å². The lowest BCUT2D eigenvalue weighted by Gasteiger charge is -2.08. The van der Waals surface area contributed by atoms with Crippen LogP contribution in [0.3, 0.4) is 0 Å². The average molecular weight is 356 g/mol. The van der Waals surface area contributed by atoms with Crippen molar-refractivity contribution in [3.05, 3.63) is 64.7 Å². The fourth-order valence-electron chi connectivity index (χ4n) is 2.38. The fraction of sp³-hybridized carbons (Fsp3) is 0.316. The maximum atomic E-state index is 11.8. The van der Waals surface area contributed by atoms with Gasteiger partial charge < -0.3 is 16.0 Å². The molecule has 0 aromatic heterocycles. The van der Waals surface area contributed by atoms with E-state index in [9.17, 15) is 14.9 Å². The highest BCUT2D eigenvalue weighted by atomic mass is 16.6. The van der Waals surface area contributed by atoms with E-state index >= 15 is 0 Å². The van der Waals surface area contributed by atoms with Gasteiger partial charge in [0, 0.05) is 49.6 Å². The lowest BCUT2D eigenvalue weighted by atomic mass is 10.2. The fourth-order valence-corrected chi connectivity index (χ4v) is 2.38. The van der Waals surface area contributed by atoms with Crippen LogP contribution in [0.5, 0.6) is 0 Å². The van der Waals surface area contributed by atoms with Gasteiger partial charge in [-0.15, -0.1) is 0 Å². The molecule has 7 heteroatoms. The van der Waals surface area contributed by atoms with E-state index in [0.717, 1.165) is 24.3 Å². The van der Waals surface area contributed by atoms with E-state index in [2.05, 4.69) is 16.0 Å². The topological polar surface area (TPSA) is 96.3 Å². The van der Waals surface area contributed by atoms with Crippen LogP contribution in [0.2, 0.25) is 0 Å². The Morgan fingerprint density at radius 2 is 1.46 bits per heavy atom. The standard InChI is InChI=1S/C19H24N4O3/c24-19(22-15-5-14-21-16-6-2-1-3-7-16)8-4-13-20-17-9-11-18(12-10-17)23(25)26/h1-3,6-7,9-12,20-21H,4-5,8,13-15H2,(H,22,24). The molecule has 0 saturated heterocycles. The highest BCUT2D eigenvalue weighted by Crippen LogP contribution is 2.15. The second-order valence-electron chi connectivity index (χ2n) is 5.83. The predicted molar refractivity (Wildman–Crippen MR) is 103 cm³/mol. The molecule has 0 fully saturated rings. The summed E-state index contributed by atoms with van der Waals surface area (Å²) < 4.78 is 0. The number of hydrogen-bond donors (Lipinski definition) is 3. The molecule has 2 aromatic carbocycles. The second kappa shape index (κ2) is 10.7. The Morgan fingerprint density at radius 3 is 2.12 bits per heavy atom. The van der Waals surface area contributed by atoms with Crippen molar-refractivity contribution in [2.24, 2.45) is 0 Å². The Hall–Kier alpha value is -3.09. The summed E-state index contributed by atoms with van der Waals surface area (Å²) in [6, 6.07) is 16.2. The molecule has 0 heterocycles. The first-order valence-corrected chi connectivity index (χ1v) is 8.69. The first-order chi connectivity index (χ1) is 12.6. The Balaban J connectivity index is 1.50. The number of nitro groups is 1. The monoisotopic (exact) mass is 356 g/mol. The number of nitrogens with zero attached hydrogens (tertiary/aromatic N) is 1. The highest BCUT2D eigenvalue weighted by molar-refractivity contribution is 5.75. The highest BCUT2D eigenvalue weighted by Gasteiger charge is 2.04. The van der Waals surface area contributed by atoms with Gasteiger partial charge >= 0.3 is 0 Å². The summed E-state index contributed by atoms with van der Waals surface area (Å²) in [5.41, 5.74) is 1.95. The van der Waals surface area contributed by atoms with E-state index in [1.54, 1.807) is 12.1 Å². The molecule has 0 spiro atoms. The molecular formula is C19H24N4O3. The average Bonchev–Trinajstić information content (AvgIpc) is 2.66. The van der Waals surface area contributed by atoms with E-state index < -0.39 is 4.92 Å². The number of rotatable bonds is 11. The van der Waals surface area contributed by atoms with Crippen molar-refractivity contribution in [1.82, 2.24) is 5.32 Å². The van der Waals surface area contributed by atoms with Crippen molar-refractivity contribution in [3.63, 3.8) is 0 Å². The van der Waals surface area contributed by atoms with Crippen molar-refractivity contribution >= 4 is 23.0 Å². The molecule has 0 aliphatic rings. The zero-order valence-electron chi connectivity index (χ0n) is 14.6. The zero-order chi connectivity index (χ0) is 18.6. The quantitative estimate of drug-likeness (QED) is 0.326. The maximum absolute atomic E-state index is 11.8. The van der Waals surface area contributed by atoms with Crippen LogP contribution in [-0.2, 0) is 4.79 Å². The van der Waals surface area contributed by atoms with Gasteiger partial charge in [-0.25, -0.2) is 0 Å². The molecule has 0 atom stereocenters. The van der Waals surface area contributed by atoms with E-state index in [1.807, 2.05) is 30.3 Å². The molecule has 3 N–H and O–H groups in total. The molecule has 0 aliphatic carbocycles. The molecule has 0 radical (unpaired) electrons. The van der Waals surface area contributed by atoms with E-state index in [-0.39, 0.29) is 11.6 Å². The minimum atomic E-state index is -0.427. The van der Waals surface area contributed by atoms with Gasteiger partial charge in [-0.2, -0.15) is 0 Å². The summed E-state index contributed by atoms with van der Waals surface area (Å²) in [7, 11) is 0. The van der Waals surface area contributed by atoms with Gasteiger partial charge in [-0.3, -0.25) is 14.9 Å². The third-order valence-electron chi connectivity index (χ3n) is 3.77. The van der Waals surface area contributed by atoms with Gasteiger partial charge in [-0.1, -0.05) is 18.2 Å². The minimum absolute atomic E-state index is 0.0372. The number of carbonyl (C=O) groups excluding carboxylic acids is 1. The van der Waals surface area contributed by atoms with Gasteiger partial charge in [0.05, 0.1) is 4.92 Å². The second-order valence-corrected chi connectivity index (χ2v) is 5.83. The van der Waals surface area contributed by atoms with Gasteiger partial charge in [0.1, 0.15) is 0 Å². The number of anilines is 2. The van der Waals surface area contributed by atoms with E-state index in [0.29, 0.717) is 25.9 Å². The van der Waals surface area contributed by atoms with Crippen LogP contribution >= 0.6 is 0 Å². The first kappa shape index (κ1) is 19.2. The summed E-state index contributed by atoms with van der Waals surface area (Å²) in [6.45, 7) is 2.10. The Bertz CT molecular complexity index is 690. The van der Waals surface area contributed by atoms with Gasteiger partial charge in [0.15, 0.2) is 0 Å². The predicted octanol–water partition coefficient (Wildman–Crippen LogP) is 3.41. The molecule has 26 heavy (non-hydrogen) atoms. The van der Waals surface area contributed by atoms with Gasteiger partial charge in [0.2, 0.25) is 5.91 Å². The molecule has 7 nitrogen and oxygen atoms in total. The van der Waals surface area contributed by atoms with Crippen molar-refractivity contribution in [2.75, 3.05) is 30.3 Å². The number of non-ortho nitro benzene ring substituents is 1. The molecule has 0 saturated carbocycles. The van der Waals surface area contributed by atoms with Crippen LogP contribution in [0.4, 0.5) is 17.1 Å². The molecule has 2 rings (SSSR count). The molecule has 2 aromatic rings. The van der Waals surface area contributed by atoms with Crippen molar-refractivity contribution in [1.29, 1.82) is 0 Å². The van der Waals surface area contributed by atoms with E-state index in [1.165, 1.54) is 12.1 Å². The largest absolute Gasteiger partial charge is 0.385 e. The molecule has 0 aliphatic heterocycles. The van der Waals surface area contributed by atoms with Crippen LogP contribution in [0, 0.1) is 10.1 Å². The summed E-state index contributed by atoms with van der Waals surface area (Å²) in [5, 5.41) is 19.9. The van der Waals surface area contributed by atoms with E-state index in [4.69, 9.17) is 0 Å². The molecule has 0 bridgehead atoms. The Kier molecular flexibility index (Phi) is 7.92. The first-order valence-electron chi connectivity index (χ1n) is 8.69. The van der Waals surface area contributed by atoms with Crippen LogP contribution < -0.4 is 16.0 Å². The third-order valence-corrected chi connectivity index (χ3v) is 3.77. The summed E-state index contributed by atoms with van der Waals surface area (Å²) in [6.07, 6.45) is 2.01. The number of amides is 1. The number of benzene rings is 2. The normalized spacial score (nSPS) is 10.2. The number of nitro benzene ring substituents is 1. The van der Waals surface area contributed by atoms with Crippen molar-refractivity contribution in [2.45, 2.75) is 19.3 Å². The Labute approximate surface area is 153 Å². The Morgan fingerprint density at radius 1 is 0.846 bits per heavy atom. The molecule has 138 valence electrons. The van der Waals surface area contributed by atoms with Crippen LogP contribution in [0.25, 0.3) is 0 Å². The van der Waals surface area contributed by atoms with Gasteiger partial charge in [-0.05, 0) is 37.1 Å². The number of nitrogens with one attached hydrogen (secondary N) is 3. The zero-order valence-corrected chi connectivity index (χ0v) is 14.6. The summed E-state index contributed by atoms with van der Waals surface area (Å²) >= 11 is 0. The molecule has 1 amide bonds. The lowest BCUT2D eigenvalue weighted by Crippen LogP contribution is -2.26. The smallest absolute Gasteiger partial charge is 0.269 e. The summed E-state index contributed by atoms with van der Waals surface area (Å²) in [5.74, 6) is 0.0372. The number of para-hydroxylation sites is 1. The van der Waals surface area contributed by atoms with Crippen LogP contribution in [-0.4, -0.2) is 30.5 Å². The molecule has 0 unspecified atom stereocenters. The third kappa shape index (κ3) is 7.21. The van der Waals surface area contributed by atoms with Crippen LogP contribution in [0.1, 0.15) is 19.3 Å². The number of carbonyl (C=O) groups is 1. The minimum Gasteiger partial charge on any atom is -0.385 e. The van der Waals surface area contributed by atoms with Gasteiger partial charge in [0.25, 0.3) is 5.69 Å². The van der Waals surface area contributed by atoms with Crippen molar-refractivity contribution in [3.8, 4) is 0 Å². The maximum Gasteiger partial charge on any atom is 0.269 e. The SMILES string of the molecule is O=C(CCCNc1ccc([N+](=O)[O-])cc1)NCCCNc1ccccc1. The lowest BCUT2D eigenvalue weighted by molar-refractivity contribution is -0.384. The summed E-state index contributed by atoms with van der Waals surface area (Å²) in [4.78, 5) is 21.9. The van der Waals surface area contributed by atoms with Crippen LogP contribution in [0.15, 0.2) is 54.6 Å². The molecular weight excluding hydrogens is 332 g/mol.